The van der Waals surface area contributed by atoms with Crippen molar-refractivity contribution >= 4 is 29.4 Å². The maximum Gasteiger partial charge on any atom is 0.334 e. The van der Waals surface area contributed by atoms with Gasteiger partial charge >= 0.3 is 5.97 Å². The van der Waals surface area contributed by atoms with Crippen LogP contribution in [0.5, 0.6) is 17.2 Å². The summed E-state index contributed by atoms with van der Waals surface area (Å²) in [7, 11) is 0. The Labute approximate surface area is 191 Å². The molecule has 0 saturated carbocycles. The highest BCUT2D eigenvalue weighted by molar-refractivity contribution is 6.30. The average molecular weight is 449 g/mol. The summed E-state index contributed by atoms with van der Waals surface area (Å²) >= 11 is 6.26. The third kappa shape index (κ3) is 4.39. The topological polar surface area (TPSA) is 61.8 Å². The molecule has 162 valence electrons. The normalized spacial score (nSPS) is 14.6. The van der Waals surface area contributed by atoms with Crippen LogP contribution in [0.25, 0.3) is 6.08 Å². The van der Waals surface area contributed by atoms with Gasteiger partial charge in [-0.15, -0.1) is 11.6 Å². The molecule has 0 radical (unpaired) electrons. The lowest BCUT2D eigenvalue weighted by Gasteiger charge is -2.11. The molecule has 1 heterocycles. The number of hydrogen-bond donors (Lipinski definition) is 0. The van der Waals surface area contributed by atoms with E-state index in [2.05, 4.69) is 0 Å². The largest absolute Gasteiger partial charge is 0.493 e. The first-order valence-corrected chi connectivity index (χ1v) is 10.6. The van der Waals surface area contributed by atoms with Crippen LogP contribution >= 0.6 is 11.6 Å². The number of rotatable bonds is 6. The van der Waals surface area contributed by atoms with Crippen LogP contribution in [0, 0.1) is 6.92 Å². The average Bonchev–Trinajstić information content (AvgIpc) is 3.10. The molecule has 6 heteroatoms. The fourth-order valence-corrected chi connectivity index (χ4v) is 3.68. The molecule has 32 heavy (non-hydrogen) atoms. The van der Waals surface area contributed by atoms with Crippen LogP contribution in [-0.4, -0.2) is 18.4 Å². The van der Waals surface area contributed by atoms with Gasteiger partial charge in [0, 0.05) is 11.6 Å². The van der Waals surface area contributed by atoms with E-state index in [1.807, 2.05) is 37.3 Å². The molecule has 0 amide bonds. The number of fused-ring (bicyclic) bond motifs is 1. The SMILES string of the molecule is CCOc1ccccc1/C=C1\Oc2cc(OC(=O)C(Cl)c3ccccc3)cc(C)c2C1=O. The van der Waals surface area contributed by atoms with Crippen LogP contribution in [0.4, 0.5) is 0 Å². The van der Waals surface area contributed by atoms with E-state index in [0.717, 1.165) is 5.56 Å². The number of ether oxygens (including phenoxy) is 3. The minimum Gasteiger partial charge on any atom is -0.493 e. The van der Waals surface area contributed by atoms with Crippen LogP contribution in [-0.2, 0) is 4.79 Å². The van der Waals surface area contributed by atoms with Crippen molar-refractivity contribution < 1.29 is 23.8 Å². The molecule has 4 rings (SSSR count). The van der Waals surface area contributed by atoms with E-state index in [1.165, 1.54) is 6.07 Å². The van der Waals surface area contributed by atoms with Gasteiger partial charge in [0.15, 0.2) is 11.1 Å². The number of aryl methyl sites for hydroxylation is 1. The maximum absolute atomic E-state index is 13.0. The van der Waals surface area contributed by atoms with Crippen molar-refractivity contribution in [1.82, 2.24) is 0 Å². The lowest BCUT2D eigenvalue weighted by Crippen LogP contribution is -2.14. The number of para-hydroxylation sites is 1. The standard InChI is InChI=1S/C26H21ClO5/c1-3-30-20-12-8-7-11-18(20)14-22-25(28)23-16(2)13-19(15-21(23)32-22)31-26(29)24(27)17-9-5-4-6-10-17/h4-15,24H,3H2,1-2H3/b22-14-. The zero-order chi connectivity index (χ0) is 22.7. The minimum absolute atomic E-state index is 0.179. The smallest absolute Gasteiger partial charge is 0.334 e. The van der Waals surface area contributed by atoms with Crippen molar-refractivity contribution in [2.75, 3.05) is 6.61 Å². The highest BCUT2D eigenvalue weighted by atomic mass is 35.5. The summed E-state index contributed by atoms with van der Waals surface area (Å²) in [5.41, 5.74) is 2.46. The summed E-state index contributed by atoms with van der Waals surface area (Å²) < 4.78 is 16.9. The van der Waals surface area contributed by atoms with Gasteiger partial charge in [-0.25, -0.2) is 4.79 Å². The van der Waals surface area contributed by atoms with Gasteiger partial charge in [-0.2, -0.15) is 0 Å². The Morgan fingerprint density at radius 2 is 1.81 bits per heavy atom. The molecule has 1 aliphatic heterocycles. The molecule has 0 N–H and O–H groups in total. The second-order valence-electron chi connectivity index (χ2n) is 7.22. The van der Waals surface area contributed by atoms with Crippen LogP contribution in [0.1, 0.15) is 39.3 Å². The number of alkyl halides is 1. The highest BCUT2D eigenvalue weighted by Gasteiger charge is 2.31. The predicted molar refractivity (Wildman–Crippen MR) is 122 cm³/mol. The third-order valence-electron chi connectivity index (χ3n) is 4.97. The summed E-state index contributed by atoms with van der Waals surface area (Å²) in [6.07, 6.45) is 1.66. The number of halogens is 1. The van der Waals surface area contributed by atoms with Gasteiger partial charge in [-0.1, -0.05) is 48.5 Å². The number of Topliss-reactive ketones (excluding diaryl/α,β-unsaturated/α-hetero) is 1. The highest BCUT2D eigenvalue weighted by Crippen LogP contribution is 2.38. The molecule has 5 nitrogen and oxygen atoms in total. The summed E-state index contributed by atoms with van der Waals surface area (Å²) in [5, 5.41) is -0.946. The van der Waals surface area contributed by atoms with E-state index in [9.17, 15) is 9.59 Å². The fraction of sp³-hybridized carbons (Fsp3) is 0.154. The molecular weight excluding hydrogens is 428 g/mol. The van der Waals surface area contributed by atoms with Gasteiger partial charge in [0.25, 0.3) is 0 Å². The Kier molecular flexibility index (Phi) is 6.28. The van der Waals surface area contributed by atoms with Crippen molar-refractivity contribution in [3.8, 4) is 17.2 Å². The second-order valence-corrected chi connectivity index (χ2v) is 7.65. The van der Waals surface area contributed by atoms with E-state index in [4.69, 9.17) is 25.8 Å². The first kappa shape index (κ1) is 21.7. The van der Waals surface area contributed by atoms with Crippen molar-refractivity contribution in [2.24, 2.45) is 0 Å². The number of allylic oxidation sites excluding steroid dienone is 1. The number of carbonyl (C=O) groups is 2. The molecule has 0 bridgehead atoms. The van der Waals surface area contributed by atoms with E-state index < -0.39 is 11.3 Å². The number of ketones is 1. The quantitative estimate of drug-likeness (QED) is 0.203. The summed E-state index contributed by atoms with van der Waals surface area (Å²) in [6, 6.07) is 19.5. The lowest BCUT2D eigenvalue weighted by atomic mass is 10.0. The van der Waals surface area contributed by atoms with Crippen molar-refractivity contribution in [1.29, 1.82) is 0 Å². The molecule has 0 saturated heterocycles. The summed E-state index contributed by atoms with van der Waals surface area (Å²) in [5.74, 6) is 0.595. The number of benzene rings is 3. The number of carbonyl (C=O) groups excluding carboxylic acids is 2. The van der Waals surface area contributed by atoms with Crippen LogP contribution < -0.4 is 14.2 Å². The van der Waals surface area contributed by atoms with Crippen LogP contribution in [0.2, 0.25) is 0 Å². The van der Waals surface area contributed by atoms with Gasteiger partial charge in [-0.05, 0) is 43.2 Å². The molecule has 3 aromatic rings. The third-order valence-corrected chi connectivity index (χ3v) is 5.40. The lowest BCUT2D eigenvalue weighted by molar-refractivity contribution is -0.134. The van der Waals surface area contributed by atoms with Crippen molar-refractivity contribution in [3.63, 3.8) is 0 Å². The van der Waals surface area contributed by atoms with Crippen LogP contribution in [0.15, 0.2) is 72.5 Å². The minimum atomic E-state index is -0.946. The molecule has 1 aliphatic rings. The summed E-state index contributed by atoms with van der Waals surface area (Å²) in [4.78, 5) is 25.5. The van der Waals surface area contributed by atoms with Gasteiger partial charge < -0.3 is 14.2 Å². The van der Waals surface area contributed by atoms with E-state index in [1.54, 1.807) is 43.3 Å². The zero-order valence-electron chi connectivity index (χ0n) is 17.6. The Morgan fingerprint density at radius 3 is 2.56 bits per heavy atom. The molecule has 3 aromatic carbocycles. The van der Waals surface area contributed by atoms with Gasteiger partial charge in [0.05, 0.1) is 12.2 Å². The van der Waals surface area contributed by atoms with Gasteiger partial charge in [0.1, 0.15) is 17.2 Å². The predicted octanol–water partition coefficient (Wildman–Crippen LogP) is 5.90. The summed E-state index contributed by atoms with van der Waals surface area (Å²) in [6.45, 7) is 4.17. The van der Waals surface area contributed by atoms with E-state index in [-0.39, 0.29) is 17.3 Å². The molecule has 0 fully saturated rings. The Morgan fingerprint density at radius 1 is 1.09 bits per heavy atom. The number of esters is 1. The Balaban J connectivity index is 1.58. The molecule has 1 unspecified atom stereocenters. The van der Waals surface area contributed by atoms with Crippen molar-refractivity contribution in [2.45, 2.75) is 19.2 Å². The monoisotopic (exact) mass is 448 g/mol. The molecular formula is C26H21ClO5. The molecule has 0 spiro atoms. The Hall–Kier alpha value is -3.57. The van der Waals surface area contributed by atoms with Crippen LogP contribution in [0.3, 0.4) is 0 Å². The first-order chi connectivity index (χ1) is 15.5. The van der Waals surface area contributed by atoms with E-state index >= 15 is 0 Å². The Bertz CT molecular complexity index is 1200. The molecule has 0 aromatic heterocycles. The number of hydrogen-bond acceptors (Lipinski definition) is 5. The zero-order valence-corrected chi connectivity index (χ0v) is 18.4. The van der Waals surface area contributed by atoms with Crippen molar-refractivity contribution in [3.05, 3.63) is 94.7 Å². The first-order valence-electron chi connectivity index (χ1n) is 10.2. The maximum atomic E-state index is 13.0. The molecule has 0 aliphatic carbocycles. The van der Waals surface area contributed by atoms with Gasteiger partial charge in [0.2, 0.25) is 5.78 Å². The fourth-order valence-electron chi connectivity index (χ4n) is 3.49. The molecule has 1 atom stereocenters. The van der Waals surface area contributed by atoms with Gasteiger partial charge in [-0.3, -0.25) is 4.79 Å². The second kappa shape index (κ2) is 9.28. The van der Waals surface area contributed by atoms with E-state index in [0.29, 0.717) is 34.8 Å².